The maximum Gasteiger partial charge on any atom is 0.00204 e. The molecule has 1 rings (SSSR count). The van der Waals surface area contributed by atoms with Crippen LogP contribution in [0.3, 0.4) is 0 Å². The van der Waals surface area contributed by atoms with Crippen LogP contribution in [0.15, 0.2) is 0 Å². The van der Waals surface area contributed by atoms with E-state index in [4.69, 9.17) is 0 Å². The zero-order valence-electron chi connectivity index (χ0n) is 12.9. The van der Waals surface area contributed by atoms with Gasteiger partial charge in [0.1, 0.15) is 0 Å². The van der Waals surface area contributed by atoms with Crippen LogP contribution >= 0.6 is 0 Å². The Labute approximate surface area is 114 Å². The molecule has 0 bridgehead atoms. The highest BCUT2D eigenvalue weighted by molar-refractivity contribution is 4.88. The molecule has 1 fully saturated rings. The van der Waals surface area contributed by atoms with E-state index >= 15 is 0 Å². The van der Waals surface area contributed by atoms with Crippen LogP contribution in [-0.4, -0.2) is 26.2 Å². The molecule has 0 amide bonds. The van der Waals surface area contributed by atoms with Gasteiger partial charge in [0, 0.05) is 13.1 Å². The monoisotopic (exact) mass is 254 g/mol. The molecule has 1 unspecified atom stereocenters. The first-order valence-corrected chi connectivity index (χ1v) is 8.10. The average molecular weight is 254 g/mol. The summed E-state index contributed by atoms with van der Waals surface area (Å²) in [6.07, 6.45) is 9.65. The molecule has 0 radical (unpaired) electrons. The highest BCUT2D eigenvalue weighted by Gasteiger charge is 2.30. The van der Waals surface area contributed by atoms with Crippen LogP contribution in [0.5, 0.6) is 0 Å². The highest BCUT2D eigenvalue weighted by atomic mass is 15.0. The van der Waals surface area contributed by atoms with Crippen LogP contribution < -0.4 is 10.6 Å². The Morgan fingerprint density at radius 1 is 1.17 bits per heavy atom. The first-order valence-electron chi connectivity index (χ1n) is 8.10. The first kappa shape index (κ1) is 16.0. The van der Waals surface area contributed by atoms with Gasteiger partial charge < -0.3 is 10.6 Å². The van der Waals surface area contributed by atoms with Crippen molar-refractivity contribution in [3.63, 3.8) is 0 Å². The first-order chi connectivity index (χ1) is 8.68. The molecular weight excluding hydrogens is 220 g/mol. The summed E-state index contributed by atoms with van der Waals surface area (Å²) in [6, 6.07) is 0. The zero-order valence-corrected chi connectivity index (χ0v) is 12.9. The molecule has 0 aromatic heterocycles. The summed E-state index contributed by atoms with van der Waals surface area (Å²) in [7, 11) is 0. The van der Waals surface area contributed by atoms with Crippen molar-refractivity contribution in [3.05, 3.63) is 0 Å². The number of hydrogen-bond acceptors (Lipinski definition) is 2. The molecule has 2 heteroatoms. The Kier molecular flexibility index (Phi) is 7.92. The lowest BCUT2D eigenvalue weighted by Crippen LogP contribution is -2.36. The van der Waals surface area contributed by atoms with E-state index in [9.17, 15) is 0 Å². The summed E-state index contributed by atoms with van der Waals surface area (Å²) >= 11 is 0. The smallest absolute Gasteiger partial charge is 0.00204 e. The van der Waals surface area contributed by atoms with Gasteiger partial charge in [0.25, 0.3) is 0 Å². The Bertz CT molecular complexity index is 195. The molecule has 0 aromatic rings. The van der Waals surface area contributed by atoms with Gasteiger partial charge in [-0.25, -0.2) is 0 Å². The number of rotatable bonds is 10. The normalized spacial score (nSPS) is 24.0. The van der Waals surface area contributed by atoms with Gasteiger partial charge in [-0.1, -0.05) is 46.5 Å². The van der Waals surface area contributed by atoms with Gasteiger partial charge in [0.15, 0.2) is 0 Å². The fraction of sp³-hybridized carbons (Fsp3) is 1.00. The van der Waals surface area contributed by atoms with E-state index in [0.717, 1.165) is 5.92 Å². The highest BCUT2D eigenvalue weighted by Crippen LogP contribution is 2.28. The summed E-state index contributed by atoms with van der Waals surface area (Å²) in [5.74, 6) is 0.877. The van der Waals surface area contributed by atoms with Gasteiger partial charge in [-0.2, -0.15) is 0 Å². The topological polar surface area (TPSA) is 24.1 Å². The van der Waals surface area contributed by atoms with E-state index in [1.165, 1.54) is 71.1 Å². The average Bonchev–Trinajstić information content (AvgIpc) is 2.81. The minimum absolute atomic E-state index is 0.553. The standard InChI is InChI=1S/C16H34N2/c1-4-16(10-12-18-14-16)13-17-11-8-6-5-7-9-15(2)3/h15,17-18H,4-14H2,1-3H3. The lowest BCUT2D eigenvalue weighted by molar-refractivity contribution is 0.291. The predicted molar refractivity (Wildman–Crippen MR) is 81.0 cm³/mol. The van der Waals surface area contributed by atoms with Crippen molar-refractivity contribution in [2.45, 2.75) is 65.7 Å². The molecule has 0 saturated carbocycles. The van der Waals surface area contributed by atoms with Gasteiger partial charge in [-0.15, -0.1) is 0 Å². The summed E-state index contributed by atoms with van der Waals surface area (Å²) in [4.78, 5) is 0. The molecule has 2 nitrogen and oxygen atoms in total. The van der Waals surface area contributed by atoms with Crippen molar-refractivity contribution >= 4 is 0 Å². The van der Waals surface area contributed by atoms with Crippen molar-refractivity contribution in [2.24, 2.45) is 11.3 Å². The van der Waals surface area contributed by atoms with Crippen LogP contribution in [0, 0.1) is 11.3 Å². The molecule has 0 aliphatic carbocycles. The van der Waals surface area contributed by atoms with E-state index in [-0.39, 0.29) is 0 Å². The fourth-order valence-electron chi connectivity index (χ4n) is 2.88. The van der Waals surface area contributed by atoms with E-state index < -0.39 is 0 Å². The largest absolute Gasteiger partial charge is 0.316 e. The van der Waals surface area contributed by atoms with Gasteiger partial charge in [0.2, 0.25) is 0 Å². The molecule has 1 aliphatic heterocycles. The lowest BCUT2D eigenvalue weighted by atomic mass is 9.84. The van der Waals surface area contributed by atoms with Crippen LogP contribution in [-0.2, 0) is 0 Å². The SMILES string of the molecule is CCC1(CNCCCCCCC(C)C)CCNC1. The minimum Gasteiger partial charge on any atom is -0.316 e. The zero-order chi connectivity index (χ0) is 13.3. The maximum atomic E-state index is 3.68. The summed E-state index contributed by atoms with van der Waals surface area (Å²) in [6.45, 7) is 11.8. The number of hydrogen-bond donors (Lipinski definition) is 2. The molecule has 1 atom stereocenters. The Hall–Kier alpha value is -0.0800. The molecule has 18 heavy (non-hydrogen) atoms. The third kappa shape index (κ3) is 6.19. The molecular formula is C16H34N2. The van der Waals surface area contributed by atoms with Crippen LogP contribution in [0.25, 0.3) is 0 Å². The van der Waals surface area contributed by atoms with Crippen LogP contribution in [0.4, 0.5) is 0 Å². The minimum atomic E-state index is 0.553. The second kappa shape index (κ2) is 8.92. The van der Waals surface area contributed by atoms with Crippen LogP contribution in [0.2, 0.25) is 0 Å². The summed E-state index contributed by atoms with van der Waals surface area (Å²) in [5, 5.41) is 7.18. The van der Waals surface area contributed by atoms with Gasteiger partial charge in [0.05, 0.1) is 0 Å². The second-order valence-electron chi connectivity index (χ2n) is 6.55. The van der Waals surface area contributed by atoms with Crippen LogP contribution in [0.1, 0.15) is 65.7 Å². The quantitative estimate of drug-likeness (QED) is 0.582. The molecule has 1 saturated heterocycles. The number of nitrogens with one attached hydrogen (secondary N) is 2. The van der Waals surface area contributed by atoms with E-state index in [2.05, 4.69) is 31.4 Å². The number of unbranched alkanes of at least 4 members (excludes halogenated alkanes) is 3. The van der Waals surface area contributed by atoms with Crippen molar-refractivity contribution in [1.82, 2.24) is 10.6 Å². The maximum absolute atomic E-state index is 3.68. The van der Waals surface area contributed by atoms with E-state index in [0.29, 0.717) is 5.41 Å². The van der Waals surface area contributed by atoms with Crippen molar-refractivity contribution in [2.75, 3.05) is 26.2 Å². The summed E-state index contributed by atoms with van der Waals surface area (Å²) in [5.41, 5.74) is 0.553. The third-order valence-corrected chi connectivity index (χ3v) is 4.47. The lowest BCUT2D eigenvalue weighted by Gasteiger charge is -2.27. The Morgan fingerprint density at radius 3 is 2.56 bits per heavy atom. The Morgan fingerprint density at radius 2 is 1.94 bits per heavy atom. The molecule has 2 N–H and O–H groups in total. The summed E-state index contributed by atoms with van der Waals surface area (Å²) < 4.78 is 0. The molecule has 1 heterocycles. The molecule has 1 aliphatic rings. The van der Waals surface area contributed by atoms with Gasteiger partial charge in [-0.3, -0.25) is 0 Å². The predicted octanol–water partition coefficient (Wildman–Crippen LogP) is 3.57. The molecule has 108 valence electrons. The van der Waals surface area contributed by atoms with Crippen molar-refractivity contribution in [1.29, 1.82) is 0 Å². The van der Waals surface area contributed by atoms with Gasteiger partial charge >= 0.3 is 0 Å². The second-order valence-corrected chi connectivity index (χ2v) is 6.55. The van der Waals surface area contributed by atoms with Gasteiger partial charge in [-0.05, 0) is 43.7 Å². The molecule has 0 spiro atoms. The fourth-order valence-corrected chi connectivity index (χ4v) is 2.88. The molecule has 0 aromatic carbocycles. The Balaban J connectivity index is 1.92. The van der Waals surface area contributed by atoms with Crippen molar-refractivity contribution in [3.8, 4) is 0 Å². The van der Waals surface area contributed by atoms with E-state index in [1.54, 1.807) is 0 Å². The third-order valence-electron chi connectivity index (χ3n) is 4.47. The van der Waals surface area contributed by atoms with Crippen molar-refractivity contribution < 1.29 is 0 Å². The van der Waals surface area contributed by atoms with E-state index in [1.807, 2.05) is 0 Å².